The molecule has 0 radical (unpaired) electrons. The summed E-state index contributed by atoms with van der Waals surface area (Å²) in [5, 5.41) is 0. The van der Waals surface area contributed by atoms with Gasteiger partial charge in [0.1, 0.15) is 0 Å². The van der Waals surface area contributed by atoms with Crippen molar-refractivity contribution < 1.29 is 0 Å². The third kappa shape index (κ3) is 1.26. The lowest BCUT2D eigenvalue weighted by atomic mass is 9.90. The van der Waals surface area contributed by atoms with E-state index in [9.17, 15) is 0 Å². The normalized spacial score (nSPS) is 27.5. The van der Waals surface area contributed by atoms with E-state index in [0.717, 1.165) is 0 Å². The van der Waals surface area contributed by atoms with E-state index in [1.165, 1.54) is 25.7 Å². The van der Waals surface area contributed by atoms with Crippen LogP contribution >= 0.6 is 0 Å². The molecule has 1 fully saturated rings. The number of hydrogen-bond donors (Lipinski definition) is 0. The van der Waals surface area contributed by atoms with E-state index in [4.69, 9.17) is 0 Å². The van der Waals surface area contributed by atoms with Gasteiger partial charge in [0.2, 0.25) is 0 Å². The van der Waals surface area contributed by atoms with E-state index < -0.39 is 0 Å². The molecule has 0 spiro atoms. The predicted molar refractivity (Wildman–Crippen MR) is 48.4 cm³/mol. The average molecular weight is 148 g/mol. The van der Waals surface area contributed by atoms with Crippen molar-refractivity contribution in [3.05, 3.63) is 23.3 Å². The molecule has 0 heteroatoms. The minimum absolute atomic E-state index is 0.585. The lowest BCUT2D eigenvalue weighted by Gasteiger charge is -2.15. The molecule has 11 heavy (non-hydrogen) atoms. The van der Waals surface area contributed by atoms with Crippen LogP contribution in [0.1, 0.15) is 39.5 Å². The Labute approximate surface area is 69.0 Å². The highest BCUT2D eigenvalue weighted by Crippen LogP contribution is 2.52. The van der Waals surface area contributed by atoms with E-state index in [1.54, 1.807) is 11.1 Å². The molecule has 60 valence electrons. The Balaban J connectivity index is 2.20. The van der Waals surface area contributed by atoms with Crippen LogP contribution in [0, 0.1) is 5.41 Å². The molecule has 0 amide bonds. The van der Waals surface area contributed by atoms with E-state index in [0.29, 0.717) is 5.41 Å². The zero-order chi connectivity index (χ0) is 7.90. The summed E-state index contributed by atoms with van der Waals surface area (Å²) in [6.07, 6.45) is 10.2. The molecule has 0 N–H and O–H groups in total. The SMILES string of the molecule is CC1=CC(C2(C)CC2)=CCC1. The molecule has 0 unspecified atom stereocenters. The van der Waals surface area contributed by atoms with Crippen LogP contribution in [0.15, 0.2) is 23.3 Å². The Morgan fingerprint density at radius 2 is 2.09 bits per heavy atom. The van der Waals surface area contributed by atoms with Crippen LogP contribution in [-0.2, 0) is 0 Å². The molecular formula is C11H16. The summed E-state index contributed by atoms with van der Waals surface area (Å²) in [5.41, 5.74) is 3.76. The third-order valence-corrected chi connectivity index (χ3v) is 3.00. The lowest BCUT2D eigenvalue weighted by Crippen LogP contribution is -2.00. The Hall–Kier alpha value is -0.520. The fraction of sp³-hybridized carbons (Fsp3) is 0.636. The maximum Gasteiger partial charge on any atom is -0.00778 e. The van der Waals surface area contributed by atoms with Gasteiger partial charge in [0, 0.05) is 0 Å². The highest BCUT2D eigenvalue weighted by atomic mass is 14.4. The molecule has 0 saturated heterocycles. The van der Waals surface area contributed by atoms with Crippen molar-refractivity contribution in [3.63, 3.8) is 0 Å². The van der Waals surface area contributed by atoms with E-state index in [-0.39, 0.29) is 0 Å². The van der Waals surface area contributed by atoms with Gasteiger partial charge in [0.25, 0.3) is 0 Å². The molecule has 0 aliphatic heterocycles. The van der Waals surface area contributed by atoms with Gasteiger partial charge in [-0.3, -0.25) is 0 Å². The van der Waals surface area contributed by atoms with Gasteiger partial charge in [-0.1, -0.05) is 24.6 Å². The average Bonchev–Trinajstić information content (AvgIpc) is 2.70. The second-order valence-electron chi connectivity index (χ2n) is 4.25. The molecule has 0 bridgehead atoms. The maximum atomic E-state index is 2.43. The van der Waals surface area contributed by atoms with Crippen LogP contribution < -0.4 is 0 Å². The summed E-state index contributed by atoms with van der Waals surface area (Å²) in [5.74, 6) is 0. The predicted octanol–water partition coefficient (Wildman–Crippen LogP) is 3.45. The topological polar surface area (TPSA) is 0 Å². The fourth-order valence-corrected chi connectivity index (χ4v) is 1.75. The van der Waals surface area contributed by atoms with Crippen molar-refractivity contribution in [3.8, 4) is 0 Å². The smallest absolute Gasteiger partial charge is 0.00778 e. The van der Waals surface area contributed by atoms with Crippen LogP contribution in [0.3, 0.4) is 0 Å². The second kappa shape index (κ2) is 2.23. The minimum atomic E-state index is 0.585. The number of allylic oxidation sites excluding steroid dienone is 4. The van der Waals surface area contributed by atoms with Crippen molar-refractivity contribution >= 4 is 0 Å². The molecule has 0 heterocycles. The monoisotopic (exact) mass is 148 g/mol. The Morgan fingerprint density at radius 3 is 2.64 bits per heavy atom. The van der Waals surface area contributed by atoms with E-state index in [1.807, 2.05) is 0 Å². The Kier molecular flexibility index (Phi) is 1.45. The summed E-state index contributed by atoms with van der Waals surface area (Å²) >= 11 is 0. The first-order chi connectivity index (χ1) is 5.21. The van der Waals surface area contributed by atoms with Gasteiger partial charge >= 0.3 is 0 Å². The number of rotatable bonds is 1. The first-order valence-electron chi connectivity index (χ1n) is 4.58. The number of hydrogen-bond acceptors (Lipinski definition) is 0. The summed E-state index contributed by atoms with van der Waals surface area (Å²) < 4.78 is 0. The quantitative estimate of drug-likeness (QED) is 0.534. The molecule has 0 aromatic carbocycles. The molecular weight excluding hydrogens is 132 g/mol. The minimum Gasteiger partial charge on any atom is -0.0804 e. The molecule has 0 atom stereocenters. The molecule has 1 saturated carbocycles. The summed E-state index contributed by atoms with van der Waals surface area (Å²) in [6.45, 7) is 4.63. The largest absolute Gasteiger partial charge is 0.0804 e. The zero-order valence-electron chi connectivity index (χ0n) is 7.48. The third-order valence-electron chi connectivity index (χ3n) is 3.00. The van der Waals surface area contributed by atoms with Crippen molar-refractivity contribution in [1.82, 2.24) is 0 Å². The van der Waals surface area contributed by atoms with Crippen LogP contribution in [0.4, 0.5) is 0 Å². The van der Waals surface area contributed by atoms with Gasteiger partial charge in [-0.15, -0.1) is 0 Å². The Morgan fingerprint density at radius 1 is 1.36 bits per heavy atom. The maximum absolute atomic E-state index is 2.43. The van der Waals surface area contributed by atoms with E-state index >= 15 is 0 Å². The van der Waals surface area contributed by atoms with Crippen LogP contribution in [0.25, 0.3) is 0 Å². The molecule has 2 aliphatic carbocycles. The Bertz CT molecular complexity index is 226. The standard InChI is InChI=1S/C11H16/c1-9-4-3-5-10(8-9)11(2)6-7-11/h5,8H,3-4,6-7H2,1-2H3. The first kappa shape index (κ1) is 7.15. The second-order valence-corrected chi connectivity index (χ2v) is 4.25. The van der Waals surface area contributed by atoms with E-state index in [2.05, 4.69) is 26.0 Å². The summed E-state index contributed by atoms with van der Waals surface area (Å²) in [4.78, 5) is 0. The lowest BCUT2D eigenvalue weighted by molar-refractivity contribution is 0.692. The highest BCUT2D eigenvalue weighted by Gasteiger charge is 2.40. The van der Waals surface area contributed by atoms with Gasteiger partial charge < -0.3 is 0 Å². The molecule has 0 nitrogen and oxygen atoms in total. The highest BCUT2D eigenvalue weighted by molar-refractivity contribution is 5.35. The van der Waals surface area contributed by atoms with Gasteiger partial charge in [-0.05, 0) is 43.6 Å². The van der Waals surface area contributed by atoms with Gasteiger partial charge in [0.15, 0.2) is 0 Å². The molecule has 0 aromatic rings. The first-order valence-corrected chi connectivity index (χ1v) is 4.58. The van der Waals surface area contributed by atoms with Crippen molar-refractivity contribution in [2.75, 3.05) is 0 Å². The fourth-order valence-electron chi connectivity index (χ4n) is 1.75. The van der Waals surface area contributed by atoms with Crippen LogP contribution in [0.5, 0.6) is 0 Å². The van der Waals surface area contributed by atoms with Gasteiger partial charge in [-0.25, -0.2) is 0 Å². The summed E-state index contributed by atoms with van der Waals surface area (Å²) in [7, 11) is 0. The molecule has 0 aromatic heterocycles. The van der Waals surface area contributed by atoms with Gasteiger partial charge in [-0.2, -0.15) is 0 Å². The van der Waals surface area contributed by atoms with Crippen LogP contribution in [-0.4, -0.2) is 0 Å². The van der Waals surface area contributed by atoms with Crippen molar-refractivity contribution in [1.29, 1.82) is 0 Å². The van der Waals surface area contributed by atoms with Gasteiger partial charge in [0.05, 0.1) is 0 Å². The molecule has 2 aliphatic rings. The van der Waals surface area contributed by atoms with Crippen molar-refractivity contribution in [2.45, 2.75) is 39.5 Å². The molecule has 2 rings (SSSR count). The van der Waals surface area contributed by atoms with Crippen molar-refractivity contribution in [2.24, 2.45) is 5.41 Å². The zero-order valence-corrected chi connectivity index (χ0v) is 7.48. The van der Waals surface area contributed by atoms with Crippen LogP contribution in [0.2, 0.25) is 0 Å². The summed E-state index contributed by atoms with van der Waals surface area (Å²) in [6, 6.07) is 0.